The van der Waals surface area contributed by atoms with E-state index in [1.54, 1.807) is 0 Å². The number of nitrogens with zero attached hydrogens (tertiary/aromatic N) is 1. The van der Waals surface area contributed by atoms with Crippen LogP contribution in [0.2, 0.25) is 0 Å². The molecule has 2 aliphatic rings. The van der Waals surface area contributed by atoms with E-state index < -0.39 is 5.60 Å². The van der Waals surface area contributed by atoms with Gasteiger partial charge in [0, 0.05) is 28.8 Å². The third kappa shape index (κ3) is 3.97. The Morgan fingerprint density at radius 3 is 2.67 bits per heavy atom. The number of fused-ring (bicyclic) bond motifs is 3. The molecule has 2 aliphatic carbocycles. The molecule has 1 aromatic heterocycles. The fourth-order valence-electron chi connectivity index (χ4n) is 6.68. The normalized spacial score (nSPS) is 28.6. The van der Waals surface area contributed by atoms with Crippen LogP contribution < -0.4 is 4.74 Å². The topological polar surface area (TPSA) is 42.4 Å². The van der Waals surface area contributed by atoms with Crippen LogP contribution in [0.25, 0.3) is 0 Å². The largest absolute Gasteiger partial charge is 0.489 e. The molecule has 0 saturated heterocycles. The maximum absolute atomic E-state index is 11.7. The van der Waals surface area contributed by atoms with Crippen LogP contribution in [0.4, 0.5) is 0 Å². The van der Waals surface area contributed by atoms with E-state index in [9.17, 15) is 5.11 Å². The van der Waals surface area contributed by atoms with Crippen molar-refractivity contribution in [3.05, 3.63) is 94.8 Å². The highest BCUT2D eigenvalue weighted by Gasteiger charge is 2.54. The lowest BCUT2D eigenvalue weighted by Gasteiger charge is -2.56. The summed E-state index contributed by atoms with van der Waals surface area (Å²) in [6.45, 7) is 6.92. The van der Waals surface area contributed by atoms with Gasteiger partial charge >= 0.3 is 0 Å². The Morgan fingerprint density at radius 1 is 1.09 bits per heavy atom. The quantitative estimate of drug-likeness (QED) is 0.491. The summed E-state index contributed by atoms with van der Waals surface area (Å²) in [5, 5.41) is 11.7. The van der Waals surface area contributed by atoms with Gasteiger partial charge in [0.1, 0.15) is 12.4 Å². The van der Waals surface area contributed by atoms with Gasteiger partial charge in [-0.2, -0.15) is 0 Å². The lowest BCUT2D eigenvalue weighted by Crippen LogP contribution is -2.53. The van der Waals surface area contributed by atoms with Gasteiger partial charge in [-0.1, -0.05) is 49.4 Å². The fraction of sp³-hybridized carbons (Fsp3) is 0.433. The zero-order chi connectivity index (χ0) is 23.1. The zero-order valence-corrected chi connectivity index (χ0v) is 20.1. The van der Waals surface area contributed by atoms with E-state index in [1.165, 1.54) is 23.1 Å². The van der Waals surface area contributed by atoms with E-state index in [1.807, 2.05) is 19.2 Å². The molecule has 1 heterocycles. The van der Waals surface area contributed by atoms with Crippen LogP contribution in [-0.2, 0) is 18.4 Å². The minimum Gasteiger partial charge on any atom is -0.489 e. The lowest BCUT2D eigenvalue weighted by molar-refractivity contribution is -0.0596. The van der Waals surface area contributed by atoms with Crippen molar-refractivity contribution in [1.29, 1.82) is 0 Å². The smallest absolute Gasteiger partial charge is 0.120 e. The zero-order valence-electron chi connectivity index (χ0n) is 20.1. The summed E-state index contributed by atoms with van der Waals surface area (Å²) < 4.78 is 6.17. The van der Waals surface area contributed by atoms with Gasteiger partial charge in [-0.05, 0) is 86.8 Å². The first-order chi connectivity index (χ1) is 15.9. The molecule has 1 saturated carbocycles. The van der Waals surface area contributed by atoms with E-state index >= 15 is 0 Å². The van der Waals surface area contributed by atoms with Gasteiger partial charge in [-0.3, -0.25) is 4.98 Å². The van der Waals surface area contributed by atoms with Crippen LogP contribution >= 0.6 is 0 Å². The molecular formula is C30H35NO2. The van der Waals surface area contributed by atoms with Gasteiger partial charge in [0.05, 0.1) is 5.60 Å². The molecule has 3 heteroatoms. The summed E-state index contributed by atoms with van der Waals surface area (Å²) in [7, 11) is 0. The van der Waals surface area contributed by atoms with E-state index in [-0.39, 0.29) is 11.3 Å². The van der Waals surface area contributed by atoms with Crippen LogP contribution in [0.1, 0.15) is 73.4 Å². The van der Waals surface area contributed by atoms with E-state index in [0.717, 1.165) is 42.7 Å². The van der Waals surface area contributed by atoms with Crippen molar-refractivity contribution in [3.8, 4) is 5.75 Å². The van der Waals surface area contributed by atoms with Crippen molar-refractivity contribution in [1.82, 2.24) is 4.98 Å². The molecule has 1 fully saturated rings. The van der Waals surface area contributed by atoms with Crippen molar-refractivity contribution >= 4 is 0 Å². The molecule has 2 aromatic carbocycles. The third-order valence-electron chi connectivity index (χ3n) is 8.44. The Balaban J connectivity index is 1.42. The number of benzene rings is 2. The molecule has 2 unspecified atom stereocenters. The minimum absolute atomic E-state index is 0.0286. The molecule has 0 bridgehead atoms. The van der Waals surface area contributed by atoms with E-state index in [4.69, 9.17) is 4.74 Å². The number of aliphatic hydroxyl groups is 1. The van der Waals surface area contributed by atoms with Gasteiger partial charge < -0.3 is 9.84 Å². The monoisotopic (exact) mass is 441 g/mol. The minimum atomic E-state index is -0.727. The summed E-state index contributed by atoms with van der Waals surface area (Å²) in [5.41, 5.74) is 5.53. The number of ether oxygens (including phenoxy) is 1. The number of hydrogen-bond donors (Lipinski definition) is 1. The number of aryl methyl sites for hydroxylation is 2. The summed E-state index contributed by atoms with van der Waals surface area (Å²) in [6.07, 6.45) is 6.97. The van der Waals surface area contributed by atoms with Crippen LogP contribution in [0.3, 0.4) is 0 Å². The molecular weight excluding hydrogens is 406 g/mol. The van der Waals surface area contributed by atoms with Crippen LogP contribution in [0, 0.1) is 12.8 Å². The molecule has 0 radical (unpaired) electrons. The molecule has 4 atom stereocenters. The molecule has 3 nitrogen and oxygen atoms in total. The van der Waals surface area contributed by atoms with Crippen molar-refractivity contribution in [3.63, 3.8) is 0 Å². The molecule has 3 aromatic rings. The highest BCUT2D eigenvalue weighted by Crippen LogP contribution is 2.58. The van der Waals surface area contributed by atoms with Crippen molar-refractivity contribution in [2.45, 2.75) is 76.4 Å². The second-order valence-corrected chi connectivity index (χ2v) is 10.3. The predicted octanol–water partition coefficient (Wildman–Crippen LogP) is 6.51. The SMILES string of the molecule is CCC12C[C@@](C)(O)[C@H](c3ccccc3)CC1CCc1cc(OCc3cccnc3C)ccc12. The third-order valence-corrected chi connectivity index (χ3v) is 8.44. The Kier molecular flexibility index (Phi) is 5.78. The molecule has 172 valence electrons. The van der Waals surface area contributed by atoms with Crippen molar-refractivity contribution in [2.24, 2.45) is 5.92 Å². The highest BCUT2D eigenvalue weighted by atomic mass is 16.5. The maximum Gasteiger partial charge on any atom is 0.120 e. The predicted molar refractivity (Wildman–Crippen MR) is 133 cm³/mol. The van der Waals surface area contributed by atoms with Gasteiger partial charge in [-0.15, -0.1) is 0 Å². The van der Waals surface area contributed by atoms with E-state index in [0.29, 0.717) is 12.5 Å². The summed E-state index contributed by atoms with van der Waals surface area (Å²) >= 11 is 0. The molecule has 33 heavy (non-hydrogen) atoms. The average molecular weight is 442 g/mol. The standard InChI is InChI=1S/C30H35NO2/c1-4-30-20-29(3,32)28(22-9-6-5-7-10-22)18-25(30)13-12-23-17-26(14-15-27(23)30)33-19-24-11-8-16-31-21(24)2/h5-11,14-17,25,28,32H,4,12-13,18-20H2,1-3H3/t25?,28-,29+,30?/m0/s1. The number of rotatable bonds is 5. The van der Waals surface area contributed by atoms with Crippen LogP contribution in [0.5, 0.6) is 5.75 Å². The Morgan fingerprint density at radius 2 is 1.91 bits per heavy atom. The number of aromatic nitrogens is 1. The second kappa shape index (κ2) is 8.61. The molecule has 5 rings (SSSR count). The van der Waals surface area contributed by atoms with Crippen LogP contribution in [-0.4, -0.2) is 15.7 Å². The first-order valence-electron chi connectivity index (χ1n) is 12.4. The first kappa shape index (κ1) is 22.2. The molecule has 0 aliphatic heterocycles. The van der Waals surface area contributed by atoms with Crippen molar-refractivity contribution in [2.75, 3.05) is 0 Å². The van der Waals surface area contributed by atoms with E-state index in [2.05, 4.69) is 73.4 Å². The fourth-order valence-corrected chi connectivity index (χ4v) is 6.68. The highest BCUT2D eigenvalue weighted by molar-refractivity contribution is 5.45. The van der Waals surface area contributed by atoms with Crippen molar-refractivity contribution < 1.29 is 9.84 Å². The molecule has 0 amide bonds. The van der Waals surface area contributed by atoms with Gasteiger partial charge in [0.2, 0.25) is 0 Å². The maximum atomic E-state index is 11.7. The molecule has 1 N–H and O–H groups in total. The van der Waals surface area contributed by atoms with Gasteiger partial charge in [0.25, 0.3) is 0 Å². The second-order valence-electron chi connectivity index (χ2n) is 10.3. The lowest BCUT2D eigenvalue weighted by atomic mass is 9.50. The summed E-state index contributed by atoms with van der Waals surface area (Å²) in [6, 6.07) is 21.3. The number of pyridine rings is 1. The Labute approximate surface area is 197 Å². The van der Waals surface area contributed by atoms with Gasteiger partial charge in [0.15, 0.2) is 0 Å². The van der Waals surface area contributed by atoms with Crippen LogP contribution in [0.15, 0.2) is 66.9 Å². The molecule has 0 spiro atoms. The Bertz CT molecular complexity index is 1120. The van der Waals surface area contributed by atoms with Gasteiger partial charge in [-0.25, -0.2) is 0 Å². The first-order valence-corrected chi connectivity index (χ1v) is 12.4. The number of hydrogen-bond acceptors (Lipinski definition) is 3. The summed E-state index contributed by atoms with van der Waals surface area (Å²) in [4.78, 5) is 4.36. The average Bonchev–Trinajstić information content (AvgIpc) is 2.83. The Hall–Kier alpha value is -2.65. The summed E-state index contributed by atoms with van der Waals surface area (Å²) in [5.74, 6) is 1.70.